The van der Waals surface area contributed by atoms with Crippen molar-refractivity contribution in [3.63, 3.8) is 0 Å². The Kier molecular flexibility index (Phi) is 9.35. The third-order valence-corrected chi connectivity index (χ3v) is 4.32. The summed E-state index contributed by atoms with van der Waals surface area (Å²) in [7, 11) is 1.70. The highest BCUT2D eigenvalue weighted by atomic mass is 32.2. The van der Waals surface area contributed by atoms with Crippen LogP contribution in [0.1, 0.15) is 24.8 Å². The number of carboxylic acids is 1. The number of hydrogen-bond acceptors (Lipinski definition) is 5. The molecule has 1 amide bonds. The summed E-state index contributed by atoms with van der Waals surface area (Å²) >= 11 is 1.20. The molecular formula is C16H25N3O3S. The minimum Gasteiger partial charge on any atom is -0.480 e. The van der Waals surface area contributed by atoms with E-state index in [0.717, 1.165) is 18.4 Å². The number of carboxylic acid groups (broad SMARTS) is 1. The van der Waals surface area contributed by atoms with Crippen molar-refractivity contribution in [3.8, 4) is 0 Å². The molecule has 7 heteroatoms. The monoisotopic (exact) mass is 339 g/mol. The van der Waals surface area contributed by atoms with E-state index in [1.165, 1.54) is 11.9 Å². The standard InChI is InChI=1S/C16H25N3O3S/c1-18-23-14(16(21)22)9-5-6-10-19-15(20)13(17)11-12-7-3-2-4-8-12/h2-4,7-8,13-14,18H,5-6,9-11,17H2,1H3,(H,19,20)(H,21,22)/t13-,14+/m1/s1. The Labute approximate surface area is 141 Å². The van der Waals surface area contributed by atoms with E-state index in [9.17, 15) is 9.59 Å². The van der Waals surface area contributed by atoms with E-state index in [1.54, 1.807) is 7.05 Å². The molecule has 0 saturated carbocycles. The number of rotatable bonds is 11. The molecule has 23 heavy (non-hydrogen) atoms. The number of carbonyl (C=O) groups is 2. The smallest absolute Gasteiger partial charge is 0.317 e. The summed E-state index contributed by atoms with van der Waals surface area (Å²) in [6.07, 6.45) is 2.54. The predicted octanol–water partition coefficient (Wildman–Crippen LogP) is 1.16. The first-order valence-electron chi connectivity index (χ1n) is 7.67. The summed E-state index contributed by atoms with van der Waals surface area (Å²) in [5.41, 5.74) is 6.92. The minimum atomic E-state index is -0.821. The lowest BCUT2D eigenvalue weighted by Crippen LogP contribution is -2.42. The molecular weight excluding hydrogens is 314 g/mol. The molecule has 6 nitrogen and oxygen atoms in total. The molecule has 1 aromatic carbocycles. The number of amides is 1. The van der Waals surface area contributed by atoms with Crippen molar-refractivity contribution in [1.82, 2.24) is 10.0 Å². The number of unbranched alkanes of at least 4 members (excludes halogenated alkanes) is 1. The van der Waals surface area contributed by atoms with Crippen molar-refractivity contribution in [2.24, 2.45) is 5.73 Å². The van der Waals surface area contributed by atoms with Gasteiger partial charge >= 0.3 is 5.97 Å². The summed E-state index contributed by atoms with van der Waals surface area (Å²) < 4.78 is 2.80. The van der Waals surface area contributed by atoms with Gasteiger partial charge in [-0.2, -0.15) is 0 Å². The molecule has 0 radical (unpaired) electrons. The van der Waals surface area contributed by atoms with Crippen LogP contribution in [0.5, 0.6) is 0 Å². The summed E-state index contributed by atoms with van der Waals surface area (Å²) in [6.45, 7) is 0.512. The molecule has 2 atom stereocenters. The number of benzene rings is 1. The molecule has 128 valence electrons. The maximum Gasteiger partial charge on any atom is 0.317 e. The topological polar surface area (TPSA) is 104 Å². The Morgan fingerprint density at radius 2 is 1.96 bits per heavy atom. The van der Waals surface area contributed by atoms with Crippen LogP contribution < -0.4 is 15.8 Å². The number of carbonyl (C=O) groups excluding carboxylic acids is 1. The van der Waals surface area contributed by atoms with Crippen molar-refractivity contribution in [2.45, 2.75) is 37.0 Å². The molecule has 0 saturated heterocycles. The van der Waals surface area contributed by atoms with Crippen LogP contribution in [0.4, 0.5) is 0 Å². The van der Waals surface area contributed by atoms with Crippen molar-refractivity contribution in [3.05, 3.63) is 35.9 Å². The third-order valence-electron chi connectivity index (χ3n) is 3.36. The Balaban J connectivity index is 2.19. The average Bonchev–Trinajstić information content (AvgIpc) is 2.54. The molecule has 0 heterocycles. The van der Waals surface area contributed by atoms with Gasteiger partial charge in [-0.3, -0.25) is 14.3 Å². The molecule has 0 fully saturated rings. The zero-order valence-corrected chi connectivity index (χ0v) is 14.1. The highest BCUT2D eigenvalue weighted by Crippen LogP contribution is 2.13. The Morgan fingerprint density at radius 1 is 1.26 bits per heavy atom. The van der Waals surface area contributed by atoms with E-state index in [1.807, 2.05) is 30.3 Å². The van der Waals surface area contributed by atoms with E-state index in [4.69, 9.17) is 10.8 Å². The van der Waals surface area contributed by atoms with E-state index in [2.05, 4.69) is 10.0 Å². The summed E-state index contributed by atoms with van der Waals surface area (Å²) in [4.78, 5) is 22.9. The highest BCUT2D eigenvalue weighted by Gasteiger charge is 2.17. The molecule has 0 bridgehead atoms. The van der Waals surface area contributed by atoms with Gasteiger partial charge in [-0.05, 0) is 38.3 Å². The summed E-state index contributed by atoms with van der Waals surface area (Å²) in [5, 5.41) is 11.4. The quantitative estimate of drug-likeness (QED) is 0.356. The van der Waals surface area contributed by atoms with Gasteiger partial charge in [0.15, 0.2) is 0 Å². The lowest BCUT2D eigenvalue weighted by atomic mass is 10.1. The molecule has 1 aromatic rings. The molecule has 0 aliphatic carbocycles. The lowest BCUT2D eigenvalue weighted by Gasteiger charge is -2.13. The second-order valence-corrected chi connectivity index (χ2v) is 6.44. The Morgan fingerprint density at radius 3 is 2.57 bits per heavy atom. The zero-order valence-electron chi connectivity index (χ0n) is 13.3. The van der Waals surface area contributed by atoms with E-state index in [0.29, 0.717) is 19.4 Å². The van der Waals surface area contributed by atoms with Crippen LogP contribution in [0.25, 0.3) is 0 Å². The normalized spacial score (nSPS) is 13.3. The third kappa shape index (κ3) is 8.01. The van der Waals surface area contributed by atoms with Crippen LogP contribution in [0, 0.1) is 0 Å². The fourth-order valence-electron chi connectivity index (χ4n) is 2.13. The number of aliphatic carboxylic acids is 1. The van der Waals surface area contributed by atoms with Crippen molar-refractivity contribution in [2.75, 3.05) is 13.6 Å². The first kappa shape index (κ1) is 19.5. The van der Waals surface area contributed by atoms with Crippen LogP contribution in [-0.2, 0) is 16.0 Å². The number of nitrogens with one attached hydrogen (secondary N) is 2. The van der Waals surface area contributed by atoms with Crippen LogP contribution in [0.2, 0.25) is 0 Å². The van der Waals surface area contributed by atoms with Gasteiger partial charge in [-0.15, -0.1) is 0 Å². The van der Waals surface area contributed by atoms with Crippen LogP contribution in [-0.4, -0.2) is 41.9 Å². The van der Waals surface area contributed by atoms with Gasteiger partial charge in [0, 0.05) is 6.54 Å². The molecule has 5 N–H and O–H groups in total. The van der Waals surface area contributed by atoms with Gasteiger partial charge < -0.3 is 16.2 Å². The van der Waals surface area contributed by atoms with Crippen molar-refractivity contribution >= 4 is 23.8 Å². The highest BCUT2D eigenvalue weighted by molar-refractivity contribution is 7.98. The molecule has 0 aromatic heterocycles. The molecule has 0 spiro atoms. The van der Waals surface area contributed by atoms with E-state index in [-0.39, 0.29) is 5.91 Å². The lowest BCUT2D eigenvalue weighted by molar-refractivity contribution is -0.136. The maximum absolute atomic E-state index is 11.9. The maximum atomic E-state index is 11.9. The molecule has 0 unspecified atom stereocenters. The second-order valence-electron chi connectivity index (χ2n) is 5.23. The average molecular weight is 339 g/mol. The fraction of sp³-hybridized carbons (Fsp3) is 0.500. The number of nitrogens with two attached hydrogens (primary N) is 1. The van der Waals surface area contributed by atoms with Crippen molar-refractivity contribution < 1.29 is 14.7 Å². The molecule has 0 aliphatic heterocycles. The van der Waals surface area contributed by atoms with E-state index >= 15 is 0 Å². The van der Waals surface area contributed by atoms with Gasteiger partial charge in [0.2, 0.25) is 5.91 Å². The Bertz CT molecular complexity index is 485. The largest absolute Gasteiger partial charge is 0.480 e. The SMILES string of the molecule is CNS[C@@H](CCCCNC(=O)[C@H](N)Cc1ccccc1)C(=O)O. The van der Waals surface area contributed by atoms with Gasteiger partial charge in [-0.1, -0.05) is 42.3 Å². The van der Waals surface area contributed by atoms with Gasteiger partial charge in [0.25, 0.3) is 0 Å². The summed E-state index contributed by atoms with van der Waals surface area (Å²) in [6, 6.07) is 9.08. The van der Waals surface area contributed by atoms with Crippen LogP contribution >= 0.6 is 11.9 Å². The van der Waals surface area contributed by atoms with Gasteiger partial charge in [-0.25, -0.2) is 0 Å². The second kappa shape index (κ2) is 11.0. The van der Waals surface area contributed by atoms with E-state index < -0.39 is 17.3 Å². The minimum absolute atomic E-state index is 0.173. The zero-order chi connectivity index (χ0) is 17.1. The van der Waals surface area contributed by atoms with Crippen molar-refractivity contribution in [1.29, 1.82) is 0 Å². The molecule has 1 rings (SSSR count). The van der Waals surface area contributed by atoms with Gasteiger partial charge in [0.05, 0.1) is 6.04 Å². The predicted molar refractivity (Wildman–Crippen MR) is 93.1 cm³/mol. The van der Waals surface area contributed by atoms with Crippen LogP contribution in [0.3, 0.4) is 0 Å². The molecule has 0 aliphatic rings. The summed E-state index contributed by atoms with van der Waals surface area (Å²) in [5.74, 6) is -0.994. The number of hydrogen-bond donors (Lipinski definition) is 4. The van der Waals surface area contributed by atoms with Gasteiger partial charge in [0.1, 0.15) is 5.25 Å². The fourth-order valence-corrected chi connectivity index (χ4v) is 2.80. The first-order chi connectivity index (χ1) is 11.0. The Hall–Kier alpha value is -1.57. The first-order valence-corrected chi connectivity index (χ1v) is 8.55. The van der Waals surface area contributed by atoms with Crippen LogP contribution in [0.15, 0.2) is 30.3 Å².